The van der Waals surface area contributed by atoms with Crippen LogP contribution in [-0.4, -0.2) is 40.0 Å². The largest absolute Gasteiger partial charge is 0.493 e. The van der Waals surface area contributed by atoms with Gasteiger partial charge in [-0.2, -0.15) is 11.8 Å². The van der Waals surface area contributed by atoms with E-state index in [0.717, 1.165) is 53.7 Å². The molecule has 0 radical (unpaired) electrons. The molecule has 0 heterocycles. The Labute approximate surface area is 177 Å². The Bertz CT molecular complexity index is 815. The Hall–Kier alpha value is -2.41. The molecule has 2 rings (SSSR count). The Morgan fingerprint density at radius 1 is 1.03 bits per heavy atom. The van der Waals surface area contributed by atoms with Gasteiger partial charge in [0.05, 0.1) is 14.2 Å². The van der Waals surface area contributed by atoms with E-state index in [1.165, 1.54) is 11.6 Å². The molecule has 29 heavy (non-hydrogen) atoms. The molecule has 0 fully saturated rings. The molecular weight excluding hydrogens is 389 g/mol. The molecule has 5 nitrogen and oxygen atoms in total. The molecule has 0 aliphatic carbocycles. The number of nitrogens with one attached hydrogen (secondary N) is 2. The summed E-state index contributed by atoms with van der Waals surface area (Å²) in [5.74, 6) is 2.80. The number of aryl methyl sites for hydroxylation is 1. The number of guanidine groups is 1. The molecule has 0 spiro atoms. The van der Waals surface area contributed by atoms with Gasteiger partial charge in [-0.1, -0.05) is 12.1 Å². The first kappa shape index (κ1) is 22.9. The van der Waals surface area contributed by atoms with E-state index in [4.69, 9.17) is 9.47 Å². The summed E-state index contributed by atoms with van der Waals surface area (Å²) in [6, 6.07) is 10.9. The molecule has 2 N–H and O–H groups in total. The summed E-state index contributed by atoms with van der Waals surface area (Å²) in [4.78, 5) is 4.27. The van der Waals surface area contributed by atoms with Crippen molar-refractivity contribution >= 4 is 17.7 Å². The van der Waals surface area contributed by atoms with Crippen molar-refractivity contribution in [2.45, 2.75) is 25.1 Å². The monoisotopic (exact) mass is 419 g/mol. The third-order valence-corrected chi connectivity index (χ3v) is 5.12. The molecule has 158 valence electrons. The first-order chi connectivity index (χ1) is 14.1. The van der Waals surface area contributed by atoms with Gasteiger partial charge in [-0.05, 0) is 60.1 Å². The Balaban J connectivity index is 1.81. The van der Waals surface area contributed by atoms with Gasteiger partial charge in [0.15, 0.2) is 17.5 Å². The fourth-order valence-electron chi connectivity index (χ4n) is 2.99. The Kier molecular flexibility index (Phi) is 9.64. The minimum Gasteiger partial charge on any atom is -0.493 e. The number of hydrogen-bond donors (Lipinski definition) is 2. The summed E-state index contributed by atoms with van der Waals surface area (Å²) in [5.41, 5.74) is 3.28. The number of nitrogens with zero attached hydrogens (tertiary/aromatic N) is 1. The highest BCUT2D eigenvalue weighted by molar-refractivity contribution is 7.97. The van der Waals surface area contributed by atoms with Gasteiger partial charge in [-0.15, -0.1) is 0 Å². The van der Waals surface area contributed by atoms with Gasteiger partial charge in [-0.25, -0.2) is 4.39 Å². The smallest absolute Gasteiger partial charge is 0.191 e. The molecule has 0 amide bonds. The van der Waals surface area contributed by atoms with Crippen molar-refractivity contribution in [3.05, 3.63) is 58.9 Å². The molecule has 0 unspecified atom stereocenters. The first-order valence-electron chi connectivity index (χ1n) is 9.53. The van der Waals surface area contributed by atoms with E-state index in [0.29, 0.717) is 6.54 Å². The third-order valence-electron chi connectivity index (χ3n) is 4.52. The van der Waals surface area contributed by atoms with Gasteiger partial charge in [0.25, 0.3) is 0 Å². The maximum Gasteiger partial charge on any atom is 0.191 e. The number of thioether (sulfide) groups is 1. The lowest BCUT2D eigenvalue weighted by Crippen LogP contribution is -2.37. The summed E-state index contributed by atoms with van der Waals surface area (Å²) in [6.45, 7) is 1.39. The van der Waals surface area contributed by atoms with Gasteiger partial charge < -0.3 is 20.1 Å². The summed E-state index contributed by atoms with van der Waals surface area (Å²) < 4.78 is 24.1. The SMILES string of the molecule is CN=C(NCCCc1ccc(OC)c(OC)c1)NCc1ccc(F)cc1CSC. The van der Waals surface area contributed by atoms with E-state index >= 15 is 0 Å². The fraction of sp³-hybridized carbons (Fsp3) is 0.409. The molecule has 0 aliphatic rings. The molecule has 0 saturated heterocycles. The lowest BCUT2D eigenvalue weighted by Gasteiger charge is -2.14. The summed E-state index contributed by atoms with van der Waals surface area (Å²) in [5, 5.41) is 6.63. The highest BCUT2D eigenvalue weighted by Crippen LogP contribution is 2.27. The zero-order valence-corrected chi connectivity index (χ0v) is 18.4. The van der Waals surface area contributed by atoms with Crippen LogP contribution in [0.15, 0.2) is 41.4 Å². The van der Waals surface area contributed by atoms with Crippen molar-refractivity contribution in [2.75, 3.05) is 34.1 Å². The summed E-state index contributed by atoms with van der Waals surface area (Å²) in [6.07, 6.45) is 3.88. The maximum atomic E-state index is 13.5. The first-order valence-corrected chi connectivity index (χ1v) is 10.9. The van der Waals surface area contributed by atoms with Crippen LogP contribution in [0.1, 0.15) is 23.1 Å². The average Bonchev–Trinajstić information content (AvgIpc) is 2.74. The fourth-order valence-corrected chi connectivity index (χ4v) is 3.57. The molecule has 2 aromatic rings. The molecule has 0 aromatic heterocycles. The number of benzene rings is 2. The van der Waals surface area contributed by atoms with Crippen LogP contribution >= 0.6 is 11.8 Å². The van der Waals surface area contributed by atoms with Crippen LogP contribution < -0.4 is 20.1 Å². The number of halogens is 1. The van der Waals surface area contributed by atoms with E-state index < -0.39 is 0 Å². The van der Waals surface area contributed by atoms with Crippen LogP contribution in [0, 0.1) is 5.82 Å². The van der Waals surface area contributed by atoms with E-state index in [-0.39, 0.29) is 5.82 Å². The Morgan fingerprint density at radius 2 is 1.83 bits per heavy atom. The van der Waals surface area contributed by atoms with Gasteiger partial charge in [0.1, 0.15) is 5.82 Å². The van der Waals surface area contributed by atoms with Crippen molar-refractivity contribution in [1.29, 1.82) is 0 Å². The minimum atomic E-state index is -0.199. The standard InChI is InChI=1S/C22H30FN3O2S/c1-24-22(26-14-17-8-9-19(23)13-18(17)15-29-4)25-11-5-6-16-7-10-20(27-2)21(12-16)28-3/h7-10,12-13H,5-6,11,14-15H2,1-4H3,(H2,24,25,26). The van der Waals surface area contributed by atoms with Crippen LogP contribution in [-0.2, 0) is 18.7 Å². The Morgan fingerprint density at radius 3 is 2.52 bits per heavy atom. The van der Waals surface area contributed by atoms with Crippen LogP contribution in [0.5, 0.6) is 11.5 Å². The van der Waals surface area contributed by atoms with Crippen molar-refractivity contribution in [3.63, 3.8) is 0 Å². The zero-order chi connectivity index (χ0) is 21.1. The van der Waals surface area contributed by atoms with Crippen molar-refractivity contribution in [3.8, 4) is 11.5 Å². The second kappa shape index (κ2) is 12.2. The van der Waals surface area contributed by atoms with Crippen LogP contribution in [0.3, 0.4) is 0 Å². The van der Waals surface area contributed by atoms with E-state index in [1.807, 2.05) is 24.5 Å². The van der Waals surface area contributed by atoms with Gasteiger partial charge in [0, 0.05) is 25.9 Å². The zero-order valence-electron chi connectivity index (χ0n) is 17.5. The lowest BCUT2D eigenvalue weighted by molar-refractivity contribution is 0.354. The molecular formula is C22H30FN3O2S. The number of ether oxygens (including phenoxy) is 2. The van der Waals surface area contributed by atoms with Gasteiger partial charge in [0.2, 0.25) is 0 Å². The third kappa shape index (κ3) is 7.16. The van der Waals surface area contributed by atoms with E-state index in [1.54, 1.807) is 39.1 Å². The maximum absolute atomic E-state index is 13.5. The van der Waals surface area contributed by atoms with E-state index in [9.17, 15) is 4.39 Å². The van der Waals surface area contributed by atoms with E-state index in [2.05, 4.69) is 21.7 Å². The quantitative estimate of drug-likeness (QED) is 0.346. The lowest BCUT2D eigenvalue weighted by atomic mass is 10.1. The van der Waals surface area contributed by atoms with Crippen molar-refractivity contribution < 1.29 is 13.9 Å². The number of aliphatic imine (C=N–C) groups is 1. The van der Waals surface area contributed by atoms with Crippen LogP contribution in [0.25, 0.3) is 0 Å². The van der Waals surface area contributed by atoms with Crippen LogP contribution in [0.2, 0.25) is 0 Å². The van der Waals surface area contributed by atoms with Crippen molar-refractivity contribution in [1.82, 2.24) is 10.6 Å². The normalized spacial score (nSPS) is 11.3. The predicted molar refractivity (Wildman–Crippen MR) is 120 cm³/mol. The average molecular weight is 420 g/mol. The molecule has 0 aliphatic heterocycles. The summed E-state index contributed by atoms with van der Waals surface area (Å²) >= 11 is 1.68. The summed E-state index contributed by atoms with van der Waals surface area (Å²) in [7, 11) is 5.03. The molecule has 0 saturated carbocycles. The second-order valence-corrected chi connectivity index (χ2v) is 7.36. The highest BCUT2D eigenvalue weighted by Gasteiger charge is 2.07. The number of methoxy groups -OCH3 is 2. The second-order valence-electron chi connectivity index (χ2n) is 6.49. The molecule has 7 heteroatoms. The van der Waals surface area contributed by atoms with Gasteiger partial charge in [-0.3, -0.25) is 4.99 Å². The van der Waals surface area contributed by atoms with Crippen molar-refractivity contribution in [2.24, 2.45) is 4.99 Å². The molecule has 0 atom stereocenters. The molecule has 0 bridgehead atoms. The topological polar surface area (TPSA) is 54.9 Å². The molecule has 2 aromatic carbocycles. The van der Waals surface area contributed by atoms with Crippen LogP contribution in [0.4, 0.5) is 4.39 Å². The highest BCUT2D eigenvalue weighted by atomic mass is 32.2. The minimum absolute atomic E-state index is 0.199. The number of hydrogen-bond acceptors (Lipinski definition) is 4. The van der Waals surface area contributed by atoms with Gasteiger partial charge >= 0.3 is 0 Å². The number of rotatable bonds is 10. The predicted octanol–water partition coefficient (Wildman–Crippen LogP) is 4.00.